The van der Waals surface area contributed by atoms with Crippen LogP contribution in [0.1, 0.15) is 19.8 Å². The van der Waals surface area contributed by atoms with Crippen LogP contribution in [0.5, 0.6) is 0 Å². The highest BCUT2D eigenvalue weighted by molar-refractivity contribution is 8.00. The maximum Gasteiger partial charge on any atom is 0.234 e. The molecule has 0 radical (unpaired) electrons. The van der Waals surface area contributed by atoms with Crippen molar-refractivity contribution in [3.05, 3.63) is 54.7 Å². The lowest BCUT2D eigenvalue weighted by Gasteiger charge is -2.08. The standard InChI is InChI=1S/C20H21N3O2S/c1-2-4-19(24)22-15-5-3-6-17(11-15)26-13-20(25)23-16-8-7-14-9-10-21-18(14)12-16/h3,5-12,21H,2,4,13H2,1H3,(H,22,24)(H,23,25). The van der Waals surface area contributed by atoms with E-state index in [4.69, 9.17) is 0 Å². The van der Waals surface area contributed by atoms with Gasteiger partial charge in [-0.25, -0.2) is 0 Å². The number of carbonyl (C=O) groups is 2. The van der Waals surface area contributed by atoms with E-state index in [0.29, 0.717) is 12.2 Å². The molecular formula is C20H21N3O2S. The second-order valence-corrected chi connectivity index (χ2v) is 6.99. The number of aromatic nitrogens is 1. The van der Waals surface area contributed by atoms with Gasteiger partial charge in [-0.3, -0.25) is 9.59 Å². The predicted molar refractivity (Wildman–Crippen MR) is 108 cm³/mol. The third-order valence-electron chi connectivity index (χ3n) is 3.80. The number of hydrogen-bond acceptors (Lipinski definition) is 3. The van der Waals surface area contributed by atoms with Crippen LogP contribution in [0, 0.1) is 0 Å². The average Bonchev–Trinajstić information content (AvgIpc) is 3.08. The molecule has 1 heterocycles. The van der Waals surface area contributed by atoms with Gasteiger partial charge in [-0.05, 0) is 48.2 Å². The number of anilines is 2. The Bertz CT molecular complexity index is 920. The summed E-state index contributed by atoms with van der Waals surface area (Å²) in [7, 11) is 0. The summed E-state index contributed by atoms with van der Waals surface area (Å²) in [5.74, 6) is 0.239. The summed E-state index contributed by atoms with van der Waals surface area (Å²) in [5, 5.41) is 6.89. The van der Waals surface area contributed by atoms with Crippen LogP contribution in [0.2, 0.25) is 0 Å². The summed E-state index contributed by atoms with van der Waals surface area (Å²) in [6.45, 7) is 1.97. The van der Waals surface area contributed by atoms with Gasteiger partial charge in [-0.2, -0.15) is 0 Å². The first-order chi connectivity index (χ1) is 12.6. The quantitative estimate of drug-likeness (QED) is 0.533. The minimum absolute atomic E-state index is 0.00658. The van der Waals surface area contributed by atoms with E-state index in [0.717, 1.165) is 33.6 Å². The average molecular weight is 367 g/mol. The highest BCUT2D eigenvalue weighted by atomic mass is 32.2. The Balaban J connectivity index is 1.54. The van der Waals surface area contributed by atoms with Gasteiger partial charge in [0.1, 0.15) is 0 Å². The zero-order valence-electron chi connectivity index (χ0n) is 14.5. The number of benzene rings is 2. The minimum atomic E-state index is -0.0682. The maximum atomic E-state index is 12.2. The van der Waals surface area contributed by atoms with E-state index < -0.39 is 0 Å². The summed E-state index contributed by atoms with van der Waals surface area (Å²) >= 11 is 1.44. The molecule has 0 unspecified atom stereocenters. The maximum absolute atomic E-state index is 12.2. The summed E-state index contributed by atoms with van der Waals surface area (Å²) in [4.78, 5) is 27.9. The first kappa shape index (κ1) is 18.1. The molecule has 2 aromatic carbocycles. The third-order valence-corrected chi connectivity index (χ3v) is 4.80. The van der Waals surface area contributed by atoms with Gasteiger partial charge in [-0.15, -0.1) is 11.8 Å². The molecule has 3 aromatic rings. The van der Waals surface area contributed by atoms with Gasteiger partial charge in [0.05, 0.1) is 5.75 Å². The second kappa shape index (κ2) is 8.58. The first-order valence-corrected chi connectivity index (χ1v) is 9.52. The zero-order chi connectivity index (χ0) is 18.4. The molecule has 134 valence electrons. The van der Waals surface area contributed by atoms with Gasteiger partial charge >= 0.3 is 0 Å². The molecule has 0 saturated carbocycles. The van der Waals surface area contributed by atoms with E-state index in [2.05, 4.69) is 15.6 Å². The van der Waals surface area contributed by atoms with Crippen LogP contribution in [-0.2, 0) is 9.59 Å². The number of amides is 2. The van der Waals surface area contributed by atoms with Crippen molar-refractivity contribution in [1.29, 1.82) is 0 Å². The van der Waals surface area contributed by atoms with Gasteiger partial charge in [0.2, 0.25) is 11.8 Å². The summed E-state index contributed by atoms with van der Waals surface area (Å²) in [6.07, 6.45) is 3.19. The molecule has 0 aliphatic heterocycles. The first-order valence-electron chi connectivity index (χ1n) is 8.54. The lowest BCUT2D eigenvalue weighted by atomic mass is 10.2. The fraction of sp³-hybridized carbons (Fsp3) is 0.200. The second-order valence-electron chi connectivity index (χ2n) is 5.94. The van der Waals surface area contributed by atoms with Gasteiger partial charge in [0.15, 0.2) is 0 Å². The smallest absolute Gasteiger partial charge is 0.234 e. The third kappa shape index (κ3) is 4.89. The minimum Gasteiger partial charge on any atom is -0.361 e. The molecule has 3 N–H and O–H groups in total. The fourth-order valence-corrected chi connectivity index (χ4v) is 3.34. The molecular weight excluding hydrogens is 346 g/mol. The van der Waals surface area contributed by atoms with Crippen LogP contribution >= 0.6 is 11.8 Å². The van der Waals surface area contributed by atoms with E-state index in [1.54, 1.807) is 0 Å². The van der Waals surface area contributed by atoms with Crippen LogP contribution in [0.25, 0.3) is 10.9 Å². The lowest BCUT2D eigenvalue weighted by Crippen LogP contribution is -2.14. The monoisotopic (exact) mass is 367 g/mol. The molecule has 26 heavy (non-hydrogen) atoms. The van der Waals surface area contributed by atoms with Gasteiger partial charge in [0, 0.05) is 34.4 Å². The van der Waals surface area contributed by atoms with Crippen molar-refractivity contribution in [2.45, 2.75) is 24.7 Å². The Morgan fingerprint density at radius 2 is 1.81 bits per heavy atom. The molecule has 0 atom stereocenters. The number of aromatic amines is 1. The number of fused-ring (bicyclic) bond motifs is 1. The van der Waals surface area contributed by atoms with Crippen molar-refractivity contribution < 1.29 is 9.59 Å². The van der Waals surface area contributed by atoms with Gasteiger partial charge < -0.3 is 15.6 Å². The van der Waals surface area contributed by atoms with Crippen LogP contribution in [0.4, 0.5) is 11.4 Å². The molecule has 1 aromatic heterocycles. The molecule has 6 heteroatoms. The number of rotatable bonds is 7. The molecule has 2 amide bonds. The van der Waals surface area contributed by atoms with Crippen LogP contribution in [0.15, 0.2) is 59.6 Å². The molecule has 0 fully saturated rings. The summed E-state index contributed by atoms with van der Waals surface area (Å²) in [6, 6.07) is 15.3. The van der Waals surface area contributed by atoms with E-state index in [1.165, 1.54) is 11.8 Å². The predicted octanol–water partition coefficient (Wildman–Crippen LogP) is 4.64. The Morgan fingerprint density at radius 3 is 2.65 bits per heavy atom. The van der Waals surface area contributed by atoms with Crippen molar-refractivity contribution in [2.75, 3.05) is 16.4 Å². The van der Waals surface area contributed by atoms with Crippen LogP contribution in [0.3, 0.4) is 0 Å². The van der Waals surface area contributed by atoms with Crippen molar-refractivity contribution in [1.82, 2.24) is 4.98 Å². The Morgan fingerprint density at radius 1 is 1.00 bits per heavy atom. The van der Waals surface area contributed by atoms with Crippen molar-refractivity contribution in [3.8, 4) is 0 Å². The topological polar surface area (TPSA) is 74.0 Å². The van der Waals surface area contributed by atoms with E-state index in [-0.39, 0.29) is 11.8 Å². The molecule has 0 aliphatic rings. The van der Waals surface area contributed by atoms with Gasteiger partial charge in [-0.1, -0.05) is 19.1 Å². The number of hydrogen-bond donors (Lipinski definition) is 3. The van der Waals surface area contributed by atoms with E-state index in [9.17, 15) is 9.59 Å². The fourth-order valence-electron chi connectivity index (χ4n) is 2.59. The zero-order valence-corrected chi connectivity index (χ0v) is 15.4. The number of thioether (sulfide) groups is 1. The highest BCUT2D eigenvalue weighted by Crippen LogP contribution is 2.23. The molecule has 3 rings (SSSR count). The number of carbonyl (C=O) groups excluding carboxylic acids is 2. The lowest BCUT2D eigenvalue weighted by molar-refractivity contribution is -0.116. The molecule has 0 spiro atoms. The Kier molecular flexibility index (Phi) is 5.96. The molecule has 0 saturated heterocycles. The van der Waals surface area contributed by atoms with E-state index in [1.807, 2.05) is 61.7 Å². The largest absolute Gasteiger partial charge is 0.361 e. The normalized spacial score (nSPS) is 10.7. The highest BCUT2D eigenvalue weighted by Gasteiger charge is 2.06. The van der Waals surface area contributed by atoms with Crippen molar-refractivity contribution in [3.63, 3.8) is 0 Å². The van der Waals surface area contributed by atoms with Crippen molar-refractivity contribution in [2.24, 2.45) is 0 Å². The Hall–Kier alpha value is -2.73. The van der Waals surface area contributed by atoms with Crippen LogP contribution in [-0.4, -0.2) is 22.6 Å². The summed E-state index contributed by atoms with van der Waals surface area (Å²) < 4.78 is 0. The molecule has 5 nitrogen and oxygen atoms in total. The molecule has 0 aliphatic carbocycles. The van der Waals surface area contributed by atoms with Crippen LogP contribution < -0.4 is 10.6 Å². The van der Waals surface area contributed by atoms with E-state index >= 15 is 0 Å². The Labute approximate surface area is 156 Å². The van der Waals surface area contributed by atoms with Gasteiger partial charge in [0.25, 0.3) is 0 Å². The number of nitrogens with one attached hydrogen (secondary N) is 3. The summed E-state index contributed by atoms with van der Waals surface area (Å²) in [5.41, 5.74) is 2.52. The SMILES string of the molecule is CCCC(=O)Nc1cccc(SCC(=O)Nc2ccc3cc[nH]c3c2)c1. The number of H-pyrrole nitrogens is 1. The van der Waals surface area contributed by atoms with Crippen molar-refractivity contribution >= 4 is 45.9 Å². The molecule has 0 bridgehead atoms.